The largest absolute Gasteiger partial charge is 0.594 e. The minimum Gasteiger partial charge on any atom is -0.594 e. The van der Waals surface area contributed by atoms with Gasteiger partial charge in [-0.2, -0.15) is 0 Å². The molecule has 160 valence electrons. The number of nitrogens with zero attached hydrogens (tertiary/aromatic N) is 2. The standard InChI is InChI=1S/C24H36N2O3/c1-3-5-7-12-20-28-24(29-21-13-8-6-4-2)18-16-23(17-19-24)26(27)25-22-14-10-9-11-15-22/h9-11,14-18H,3-8,12-13,19-21H2,1-2H3. The second kappa shape index (κ2) is 13.3. The van der Waals surface area contributed by atoms with Crippen molar-refractivity contribution in [3.8, 4) is 0 Å². The number of azo groups is 1. The summed E-state index contributed by atoms with van der Waals surface area (Å²) in [5.41, 5.74) is 1.14. The molecule has 1 aliphatic rings. The average molecular weight is 401 g/mol. The molecule has 2 rings (SSSR count). The number of allylic oxidation sites excluding steroid dienone is 1. The third-order valence-corrected chi connectivity index (χ3v) is 4.98. The van der Waals surface area contributed by atoms with Crippen LogP contribution in [0, 0.1) is 5.21 Å². The van der Waals surface area contributed by atoms with Crippen molar-refractivity contribution in [3.63, 3.8) is 0 Å². The molecule has 0 atom stereocenters. The minimum atomic E-state index is -0.768. The van der Waals surface area contributed by atoms with Crippen LogP contribution in [0.2, 0.25) is 0 Å². The maximum atomic E-state index is 12.4. The van der Waals surface area contributed by atoms with Gasteiger partial charge in [0, 0.05) is 17.6 Å². The van der Waals surface area contributed by atoms with E-state index in [2.05, 4.69) is 19.0 Å². The minimum absolute atomic E-state index is 0.508. The van der Waals surface area contributed by atoms with Crippen molar-refractivity contribution < 1.29 is 14.3 Å². The molecule has 5 heteroatoms. The third kappa shape index (κ3) is 8.50. The third-order valence-electron chi connectivity index (χ3n) is 4.98. The van der Waals surface area contributed by atoms with Gasteiger partial charge in [0.05, 0.1) is 13.2 Å². The Kier molecular flexibility index (Phi) is 10.7. The van der Waals surface area contributed by atoms with E-state index in [9.17, 15) is 5.21 Å². The highest BCUT2D eigenvalue weighted by molar-refractivity contribution is 5.34. The maximum Gasteiger partial charge on any atom is 0.241 e. The molecular formula is C24H36N2O3. The molecule has 0 saturated heterocycles. The molecule has 29 heavy (non-hydrogen) atoms. The maximum absolute atomic E-state index is 12.4. The lowest BCUT2D eigenvalue weighted by atomic mass is 10.1. The Labute approximate surface area is 175 Å². The van der Waals surface area contributed by atoms with Gasteiger partial charge in [0.15, 0.2) is 5.79 Å². The van der Waals surface area contributed by atoms with E-state index in [0.717, 1.165) is 25.7 Å². The molecule has 0 radical (unpaired) electrons. The van der Waals surface area contributed by atoms with Crippen LogP contribution in [0.25, 0.3) is 0 Å². The van der Waals surface area contributed by atoms with E-state index in [1.165, 1.54) is 25.7 Å². The smallest absolute Gasteiger partial charge is 0.241 e. The van der Waals surface area contributed by atoms with Crippen molar-refractivity contribution in [2.45, 2.75) is 77.4 Å². The molecule has 1 aliphatic carbocycles. The predicted octanol–water partition coefficient (Wildman–Crippen LogP) is 7.01. The van der Waals surface area contributed by atoms with E-state index >= 15 is 0 Å². The SMILES string of the molecule is CCCCCCOC1(OCCCCCC)C=CC([N+]([O-])=Nc2ccccc2)=CC1. The summed E-state index contributed by atoms with van der Waals surface area (Å²) < 4.78 is 12.3. The van der Waals surface area contributed by atoms with E-state index in [1.807, 2.05) is 30.4 Å². The van der Waals surface area contributed by atoms with Crippen LogP contribution >= 0.6 is 0 Å². The van der Waals surface area contributed by atoms with Crippen LogP contribution < -0.4 is 0 Å². The van der Waals surface area contributed by atoms with Gasteiger partial charge in [-0.3, -0.25) is 0 Å². The van der Waals surface area contributed by atoms with Gasteiger partial charge in [0.1, 0.15) is 5.69 Å². The number of hydrogen-bond donors (Lipinski definition) is 0. The van der Waals surface area contributed by atoms with Crippen LogP contribution in [0.15, 0.2) is 59.4 Å². The molecule has 0 N–H and O–H groups in total. The molecule has 0 bridgehead atoms. The van der Waals surface area contributed by atoms with Crippen molar-refractivity contribution in [2.75, 3.05) is 13.2 Å². The quantitative estimate of drug-likeness (QED) is 0.111. The molecule has 1 aromatic carbocycles. The molecular weight excluding hydrogens is 364 g/mol. The zero-order valence-corrected chi connectivity index (χ0v) is 18.0. The number of hydroxylamine groups is 1. The average Bonchev–Trinajstić information content (AvgIpc) is 2.75. The van der Waals surface area contributed by atoms with Crippen LogP contribution in [0.4, 0.5) is 5.69 Å². The summed E-state index contributed by atoms with van der Waals surface area (Å²) in [6.45, 7) is 5.73. The molecule has 0 spiro atoms. The first-order valence-corrected chi connectivity index (χ1v) is 11.1. The number of rotatable bonds is 14. The summed E-state index contributed by atoms with van der Waals surface area (Å²) in [7, 11) is 0. The van der Waals surface area contributed by atoms with Crippen LogP contribution in [-0.4, -0.2) is 23.9 Å². The highest BCUT2D eigenvalue weighted by Gasteiger charge is 2.32. The first-order chi connectivity index (χ1) is 14.2. The molecule has 0 aliphatic heterocycles. The van der Waals surface area contributed by atoms with E-state index < -0.39 is 5.79 Å². The number of hydrogen-bond acceptors (Lipinski definition) is 4. The van der Waals surface area contributed by atoms with Gasteiger partial charge >= 0.3 is 0 Å². The highest BCUT2D eigenvalue weighted by Crippen LogP contribution is 2.28. The Balaban J connectivity index is 1.96. The van der Waals surface area contributed by atoms with Gasteiger partial charge < -0.3 is 14.7 Å². The monoisotopic (exact) mass is 400 g/mol. The predicted molar refractivity (Wildman–Crippen MR) is 117 cm³/mol. The summed E-state index contributed by atoms with van der Waals surface area (Å²) in [6.07, 6.45) is 15.3. The molecule has 0 amide bonds. The zero-order valence-electron chi connectivity index (χ0n) is 18.0. The molecule has 0 fully saturated rings. The summed E-state index contributed by atoms with van der Waals surface area (Å²) in [4.78, 5) is 0.665. The van der Waals surface area contributed by atoms with Crippen LogP contribution in [0.1, 0.15) is 71.6 Å². The van der Waals surface area contributed by atoms with Crippen LogP contribution in [0.5, 0.6) is 0 Å². The normalized spacial score (nSPS) is 16.1. The zero-order chi connectivity index (χ0) is 20.8. The summed E-state index contributed by atoms with van der Waals surface area (Å²) in [6, 6.07) is 9.24. The molecule has 0 unspecified atom stereocenters. The Hall–Kier alpha value is -1.98. The fourth-order valence-electron chi connectivity index (χ4n) is 3.20. The van der Waals surface area contributed by atoms with E-state index in [4.69, 9.17) is 9.47 Å². The second-order valence-electron chi connectivity index (χ2n) is 7.51. The van der Waals surface area contributed by atoms with Crippen molar-refractivity contribution in [1.29, 1.82) is 0 Å². The first kappa shape index (κ1) is 23.3. The topological polar surface area (TPSA) is 56.9 Å². The number of unbranched alkanes of at least 4 members (excludes halogenated alkanes) is 6. The van der Waals surface area contributed by atoms with Gasteiger partial charge in [-0.05, 0) is 37.1 Å². The van der Waals surface area contributed by atoms with Gasteiger partial charge in [-0.1, -0.05) is 75.4 Å². The lowest BCUT2D eigenvalue weighted by molar-refractivity contribution is -0.468. The van der Waals surface area contributed by atoms with Crippen LogP contribution in [-0.2, 0) is 9.47 Å². The number of benzene rings is 1. The van der Waals surface area contributed by atoms with Crippen molar-refractivity contribution in [3.05, 3.63) is 59.5 Å². The van der Waals surface area contributed by atoms with Crippen LogP contribution in [0.3, 0.4) is 0 Å². The Morgan fingerprint density at radius 3 is 2.07 bits per heavy atom. The Morgan fingerprint density at radius 2 is 1.55 bits per heavy atom. The van der Waals surface area contributed by atoms with Gasteiger partial charge in [-0.15, -0.1) is 0 Å². The molecule has 0 heterocycles. The second-order valence-corrected chi connectivity index (χ2v) is 7.51. The van der Waals surface area contributed by atoms with E-state index in [-0.39, 0.29) is 0 Å². The first-order valence-electron chi connectivity index (χ1n) is 11.1. The fourth-order valence-corrected chi connectivity index (χ4v) is 3.20. The lowest BCUT2D eigenvalue weighted by Crippen LogP contribution is -2.36. The van der Waals surface area contributed by atoms with Crippen molar-refractivity contribution in [2.24, 2.45) is 5.11 Å². The fraction of sp³-hybridized carbons (Fsp3) is 0.583. The van der Waals surface area contributed by atoms with Gasteiger partial charge in [0.25, 0.3) is 0 Å². The molecule has 5 nitrogen and oxygen atoms in total. The Bertz CT molecular complexity index is 654. The molecule has 0 saturated carbocycles. The van der Waals surface area contributed by atoms with Gasteiger partial charge in [-0.25, -0.2) is 0 Å². The lowest BCUT2D eigenvalue weighted by Gasteiger charge is -2.31. The summed E-state index contributed by atoms with van der Waals surface area (Å²) >= 11 is 0. The van der Waals surface area contributed by atoms with Crippen molar-refractivity contribution >= 4 is 5.69 Å². The number of ether oxygens (including phenoxy) is 2. The summed E-state index contributed by atoms with van der Waals surface area (Å²) in [5, 5.41) is 16.5. The Morgan fingerprint density at radius 1 is 0.931 bits per heavy atom. The highest BCUT2D eigenvalue weighted by atomic mass is 16.7. The summed E-state index contributed by atoms with van der Waals surface area (Å²) in [5.74, 6) is -0.768. The van der Waals surface area contributed by atoms with E-state index in [1.54, 1.807) is 18.2 Å². The van der Waals surface area contributed by atoms with E-state index in [0.29, 0.717) is 35.9 Å². The molecule has 1 aromatic rings. The molecule has 0 aromatic heterocycles. The van der Waals surface area contributed by atoms with Crippen molar-refractivity contribution in [1.82, 2.24) is 0 Å². The van der Waals surface area contributed by atoms with Gasteiger partial charge in [0.2, 0.25) is 5.70 Å².